The average molecular weight is 350 g/mol. The Labute approximate surface area is 147 Å². The van der Waals surface area contributed by atoms with E-state index >= 15 is 0 Å². The zero-order valence-corrected chi connectivity index (χ0v) is 14.8. The Morgan fingerprint density at radius 2 is 1.83 bits per heavy atom. The largest absolute Gasteiger partial charge is 0.497 e. The molecule has 0 aliphatic carbocycles. The van der Waals surface area contributed by atoms with Gasteiger partial charge in [-0.1, -0.05) is 11.6 Å². The van der Waals surface area contributed by atoms with Crippen molar-refractivity contribution in [3.63, 3.8) is 0 Å². The maximum atomic E-state index is 12.2. The lowest BCUT2D eigenvalue weighted by molar-refractivity contribution is -0.885. The van der Waals surface area contributed by atoms with Crippen LogP contribution >= 0.6 is 11.6 Å². The van der Waals surface area contributed by atoms with Crippen molar-refractivity contribution in [2.75, 3.05) is 33.1 Å². The van der Waals surface area contributed by atoms with E-state index in [0.29, 0.717) is 18.1 Å². The van der Waals surface area contributed by atoms with Gasteiger partial charge in [0.2, 0.25) is 0 Å². The molecule has 0 aromatic heterocycles. The van der Waals surface area contributed by atoms with E-state index in [-0.39, 0.29) is 5.91 Å². The van der Waals surface area contributed by atoms with Crippen LogP contribution in [-0.2, 0) is 11.3 Å². The van der Waals surface area contributed by atoms with Crippen LogP contribution in [0.15, 0.2) is 42.5 Å². The third-order valence-corrected chi connectivity index (χ3v) is 3.81. The van der Waals surface area contributed by atoms with E-state index in [9.17, 15) is 4.79 Å². The Hall–Kier alpha value is -2.24. The molecule has 0 heterocycles. The number of halogens is 1. The Morgan fingerprint density at radius 1 is 1.12 bits per heavy atom. The molecule has 0 spiro atoms. The molecular weight excluding hydrogens is 328 g/mol. The Bertz CT molecular complexity index is 689. The summed E-state index contributed by atoms with van der Waals surface area (Å²) >= 11 is 6.04. The fourth-order valence-corrected chi connectivity index (χ4v) is 2.62. The van der Waals surface area contributed by atoms with Crippen LogP contribution in [0.25, 0.3) is 0 Å². The molecule has 2 N–H and O–H groups in total. The Balaban J connectivity index is 1.92. The molecule has 1 atom stereocenters. The standard InChI is InChI=1S/C18H21ClN2O3/c1-21(11-13-10-14(19)4-9-17(13)24-3)12-18(22)20-15-5-7-16(23-2)8-6-15/h4-10H,11-12H2,1-3H3,(H,20,22)/p+1. The molecule has 24 heavy (non-hydrogen) atoms. The van der Waals surface area contributed by atoms with Gasteiger partial charge < -0.3 is 19.7 Å². The van der Waals surface area contributed by atoms with Crippen molar-refractivity contribution < 1.29 is 19.2 Å². The maximum absolute atomic E-state index is 12.2. The van der Waals surface area contributed by atoms with Gasteiger partial charge >= 0.3 is 0 Å². The number of likely N-dealkylation sites (N-methyl/N-ethyl adjacent to an activating group) is 1. The van der Waals surface area contributed by atoms with Gasteiger partial charge in [-0.15, -0.1) is 0 Å². The van der Waals surface area contributed by atoms with E-state index in [1.807, 2.05) is 43.4 Å². The molecule has 0 fully saturated rings. The highest BCUT2D eigenvalue weighted by Crippen LogP contribution is 2.21. The van der Waals surface area contributed by atoms with Gasteiger partial charge in [0.1, 0.15) is 18.0 Å². The summed E-state index contributed by atoms with van der Waals surface area (Å²) in [5.74, 6) is 1.47. The first-order valence-corrected chi connectivity index (χ1v) is 7.97. The predicted molar refractivity (Wildman–Crippen MR) is 95.1 cm³/mol. The second-order valence-corrected chi connectivity index (χ2v) is 5.98. The van der Waals surface area contributed by atoms with Gasteiger partial charge in [0.25, 0.3) is 5.91 Å². The number of hydrogen-bond donors (Lipinski definition) is 2. The smallest absolute Gasteiger partial charge is 0.279 e. The zero-order chi connectivity index (χ0) is 17.5. The van der Waals surface area contributed by atoms with E-state index in [2.05, 4.69) is 5.32 Å². The van der Waals surface area contributed by atoms with Crippen LogP contribution in [0.3, 0.4) is 0 Å². The summed E-state index contributed by atoms with van der Waals surface area (Å²) in [6.07, 6.45) is 0. The fourth-order valence-electron chi connectivity index (χ4n) is 2.43. The molecule has 0 aliphatic heterocycles. The SMILES string of the molecule is COc1ccc(NC(=O)C[NH+](C)Cc2cc(Cl)ccc2OC)cc1. The number of hydrogen-bond acceptors (Lipinski definition) is 3. The van der Waals surface area contributed by atoms with Crippen molar-refractivity contribution in [3.05, 3.63) is 53.1 Å². The molecule has 2 rings (SSSR count). The predicted octanol–water partition coefficient (Wildman–Crippen LogP) is 2.01. The van der Waals surface area contributed by atoms with E-state index in [1.165, 1.54) is 0 Å². The molecule has 0 saturated heterocycles. The van der Waals surface area contributed by atoms with E-state index < -0.39 is 0 Å². The highest BCUT2D eigenvalue weighted by Gasteiger charge is 2.14. The summed E-state index contributed by atoms with van der Waals surface area (Å²) in [6, 6.07) is 12.7. The molecule has 0 radical (unpaired) electrons. The van der Waals surface area contributed by atoms with Crippen LogP contribution in [0, 0.1) is 0 Å². The second-order valence-electron chi connectivity index (χ2n) is 5.54. The molecule has 0 aliphatic rings. The quantitative estimate of drug-likeness (QED) is 0.804. The van der Waals surface area contributed by atoms with Crippen molar-refractivity contribution in [1.29, 1.82) is 0 Å². The topological polar surface area (TPSA) is 52.0 Å². The lowest BCUT2D eigenvalue weighted by Crippen LogP contribution is -3.08. The van der Waals surface area contributed by atoms with Crippen molar-refractivity contribution in [2.45, 2.75) is 6.54 Å². The number of carbonyl (C=O) groups is 1. The van der Waals surface area contributed by atoms with Crippen LogP contribution in [0.1, 0.15) is 5.56 Å². The molecule has 1 unspecified atom stereocenters. The third-order valence-electron chi connectivity index (χ3n) is 3.57. The molecule has 6 heteroatoms. The monoisotopic (exact) mass is 349 g/mol. The van der Waals surface area contributed by atoms with Gasteiger partial charge in [0.05, 0.1) is 21.3 Å². The maximum Gasteiger partial charge on any atom is 0.279 e. The van der Waals surface area contributed by atoms with E-state index in [4.69, 9.17) is 21.1 Å². The Kier molecular flexibility index (Phi) is 6.46. The van der Waals surface area contributed by atoms with Gasteiger partial charge in [-0.2, -0.15) is 0 Å². The minimum absolute atomic E-state index is 0.0568. The number of carbonyl (C=O) groups excluding carboxylic acids is 1. The van der Waals surface area contributed by atoms with Crippen LogP contribution in [0.5, 0.6) is 11.5 Å². The first-order chi connectivity index (χ1) is 11.5. The first-order valence-electron chi connectivity index (χ1n) is 7.59. The Morgan fingerprint density at radius 3 is 2.46 bits per heavy atom. The van der Waals surface area contributed by atoms with Gasteiger partial charge in [0.15, 0.2) is 6.54 Å². The van der Waals surface area contributed by atoms with Crippen molar-refractivity contribution in [2.24, 2.45) is 0 Å². The highest BCUT2D eigenvalue weighted by atomic mass is 35.5. The molecule has 5 nitrogen and oxygen atoms in total. The van der Waals surface area contributed by atoms with Gasteiger partial charge in [-0.05, 0) is 42.5 Å². The second kappa shape index (κ2) is 8.57. The van der Waals surface area contributed by atoms with E-state index in [0.717, 1.165) is 27.6 Å². The number of rotatable bonds is 7. The molecular formula is C18H22ClN2O3+. The molecule has 0 bridgehead atoms. The molecule has 1 amide bonds. The summed E-state index contributed by atoms with van der Waals surface area (Å²) < 4.78 is 10.4. The summed E-state index contributed by atoms with van der Waals surface area (Å²) in [5, 5.41) is 3.53. The average Bonchev–Trinajstić information content (AvgIpc) is 2.55. The summed E-state index contributed by atoms with van der Waals surface area (Å²) in [6.45, 7) is 0.974. The minimum Gasteiger partial charge on any atom is -0.497 e. The van der Waals surface area contributed by atoms with E-state index in [1.54, 1.807) is 20.3 Å². The number of quaternary nitrogens is 1. The number of anilines is 1. The van der Waals surface area contributed by atoms with Crippen molar-refractivity contribution in [3.8, 4) is 11.5 Å². The molecule has 0 saturated carbocycles. The third kappa shape index (κ3) is 5.15. The normalized spacial score (nSPS) is 11.7. The van der Waals surface area contributed by atoms with Crippen LogP contribution < -0.4 is 19.7 Å². The fraction of sp³-hybridized carbons (Fsp3) is 0.278. The number of nitrogens with one attached hydrogen (secondary N) is 2. The molecule has 128 valence electrons. The molecule has 2 aromatic carbocycles. The highest BCUT2D eigenvalue weighted by molar-refractivity contribution is 6.30. The lowest BCUT2D eigenvalue weighted by Gasteiger charge is -2.16. The lowest BCUT2D eigenvalue weighted by atomic mass is 10.2. The van der Waals surface area contributed by atoms with Gasteiger partial charge in [0, 0.05) is 16.3 Å². The first kappa shape index (κ1) is 18.1. The summed E-state index contributed by atoms with van der Waals surface area (Å²) in [5.41, 5.74) is 1.72. The van der Waals surface area contributed by atoms with Crippen LogP contribution in [0.2, 0.25) is 5.02 Å². The number of amides is 1. The zero-order valence-electron chi connectivity index (χ0n) is 14.1. The minimum atomic E-state index is -0.0568. The number of methoxy groups -OCH3 is 2. The number of ether oxygens (including phenoxy) is 2. The number of benzene rings is 2. The van der Waals surface area contributed by atoms with Gasteiger partial charge in [-0.3, -0.25) is 4.79 Å². The molecule has 2 aromatic rings. The van der Waals surface area contributed by atoms with Crippen LogP contribution in [-0.4, -0.2) is 33.7 Å². The van der Waals surface area contributed by atoms with Crippen molar-refractivity contribution >= 4 is 23.2 Å². The summed E-state index contributed by atoms with van der Waals surface area (Å²) in [4.78, 5) is 13.2. The van der Waals surface area contributed by atoms with Gasteiger partial charge in [-0.25, -0.2) is 0 Å². The van der Waals surface area contributed by atoms with Crippen molar-refractivity contribution in [1.82, 2.24) is 0 Å². The summed E-state index contributed by atoms with van der Waals surface area (Å²) in [7, 11) is 5.18. The van der Waals surface area contributed by atoms with Crippen LogP contribution in [0.4, 0.5) is 5.69 Å².